The average Bonchev–Trinajstić information content (AvgIpc) is 2.44. The van der Waals surface area contributed by atoms with Crippen LogP contribution in [0.15, 0.2) is 41.0 Å². The molecule has 0 atom stereocenters. The van der Waals surface area contributed by atoms with Gasteiger partial charge in [0.15, 0.2) is 0 Å². The number of pyridine rings is 1. The van der Waals surface area contributed by atoms with Gasteiger partial charge >= 0.3 is 10.2 Å². The Kier molecular flexibility index (Phi) is 5.05. The molecule has 22 heavy (non-hydrogen) atoms. The van der Waals surface area contributed by atoms with Gasteiger partial charge in [0.05, 0.1) is 11.9 Å². The molecule has 0 saturated carbocycles. The van der Waals surface area contributed by atoms with Crippen LogP contribution in [-0.4, -0.2) is 31.8 Å². The quantitative estimate of drug-likeness (QED) is 0.830. The van der Waals surface area contributed by atoms with Crippen molar-refractivity contribution in [3.05, 3.63) is 46.6 Å². The lowest BCUT2D eigenvalue weighted by molar-refractivity contribution is 0.526. The van der Waals surface area contributed by atoms with Crippen LogP contribution in [0.3, 0.4) is 0 Å². The predicted molar refractivity (Wildman–Crippen MR) is 92.6 cm³/mol. The van der Waals surface area contributed by atoms with Crippen LogP contribution >= 0.6 is 15.9 Å². The van der Waals surface area contributed by atoms with E-state index >= 15 is 0 Å². The molecule has 2 N–H and O–H groups in total. The largest absolute Gasteiger partial charge is 0.354 e. The molecule has 1 heterocycles. The van der Waals surface area contributed by atoms with Crippen LogP contribution in [0.4, 0.5) is 17.2 Å². The standard InChI is InChI=1S/C14H17BrN4O2S/c1-10-8-11(4-6-13(10)15)17-12-5-7-14(16-9-12)18-22(20,21)19(2)3/h4-9,17H,1-3H3,(H,16,18). The van der Waals surface area contributed by atoms with E-state index in [1.165, 1.54) is 14.1 Å². The van der Waals surface area contributed by atoms with Crippen molar-refractivity contribution in [1.29, 1.82) is 0 Å². The number of rotatable bonds is 5. The van der Waals surface area contributed by atoms with Gasteiger partial charge in [-0.3, -0.25) is 4.72 Å². The fraction of sp³-hybridized carbons (Fsp3) is 0.214. The van der Waals surface area contributed by atoms with Gasteiger partial charge in [0, 0.05) is 24.3 Å². The topological polar surface area (TPSA) is 74.3 Å². The Morgan fingerprint density at radius 2 is 1.82 bits per heavy atom. The first-order chi connectivity index (χ1) is 10.3. The van der Waals surface area contributed by atoms with E-state index in [4.69, 9.17) is 0 Å². The molecule has 0 radical (unpaired) electrons. The molecule has 0 spiro atoms. The second kappa shape index (κ2) is 6.64. The minimum Gasteiger partial charge on any atom is -0.354 e. The summed E-state index contributed by atoms with van der Waals surface area (Å²) >= 11 is 3.45. The predicted octanol–water partition coefficient (Wildman–Crippen LogP) is 3.11. The van der Waals surface area contributed by atoms with Gasteiger partial charge in [-0.05, 0) is 42.8 Å². The molecule has 1 aromatic carbocycles. The number of anilines is 3. The third-order valence-electron chi connectivity index (χ3n) is 2.92. The van der Waals surface area contributed by atoms with Crippen LogP contribution < -0.4 is 10.0 Å². The van der Waals surface area contributed by atoms with E-state index in [2.05, 4.69) is 31.0 Å². The maximum absolute atomic E-state index is 11.7. The molecule has 0 saturated heterocycles. The summed E-state index contributed by atoms with van der Waals surface area (Å²) in [4.78, 5) is 4.09. The van der Waals surface area contributed by atoms with E-state index in [0.29, 0.717) is 0 Å². The lowest BCUT2D eigenvalue weighted by atomic mass is 10.2. The number of aromatic nitrogens is 1. The molecule has 0 bridgehead atoms. The molecule has 118 valence electrons. The third-order valence-corrected chi connectivity index (χ3v) is 5.24. The number of halogens is 1. The SMILES string of the molecule is Cc1cc(Nc2ccc(NS(=O)(=O)N(C)C)nc2)ccc1Br. The normalized spacial score (nSPS) is 11.5. The number of hydrogen-bond acceptors (Lipinski definition) is 4. The van der Waals surface area contributed by atoms with Crippen LogP contribution in [0.1, 0.15) is 5.56 Å². The summed E-state index contributed by atoms with van der Waals surface area (Å²) in [5, 5.41) is 3.21. The molecule has 0 aliphatic heterocycles. The Labute approximate surface area is 138 Å². The molecule has 2 rings (SSSR count). The van der Waals surface area contributed by atoms with Crippen molar-refractivity contribution in [2.24, 2.45) is 0 Å². The minimum atomic E-state index is -3.54. The molecule has 2 aromatic rings. The van der Waals surface area contributed by atoms with Crippen LogP contribution in [0, 0.1) is 6.92 Å². The molecule has 0 fully saturated rings. The molecule has 1 aromatic heterocycles. The highest BCUT2D eigenvalue weighted by atomic mass is 79.9. The molecule has 8 heteroatoms. The summed E-state index contributed by atoms with van der Waals surface area (Å²) < 4.78 is 27.9. The van der Waals surface area contributed by atoms with Gasteiger partial charge in [-0.1, -0.05) is 15.9 Å². The summed E-state index contributed by atoms with van der Waals surface area (Å²) in [6, 6.07) is 9.28. The van der Waals surface area contributed by atoms with Gasteiger partial charge < -0.3 is 5.32 Å². The summed E-state index contributed by atoms with van der Waals surface area (Å²) in [5.74, 6) is 0.270. The Hall–Kier alpha value is -1.64. The second-order valence-corrected chi connectivity index (χ2v) is 7.65. The first kappa shape index (κ1) is 16.7. The zero-order valence-corrected chi connectivity index (χ0v) is 14.9. The first-order valence-electron chi connectivity index (χ1n) is 6.47. The Bertz CT molecular complexity index is 761. The van der Waals surface area contributed by atoms with Gasteiger partial charge in [-0.15, -0.1) is 0 Å². The van der Waals surface area contributed by atoms with Crippen molar-refractivity contribution in [3.8, 4) is 0 Å². The number of nitrogens with one attached hydrogen (secondary N) is 2. The number of nitrogens with zero attached hydrogens (tertiary/aromatic N) is 2. The van der Waals surface area contributed by atoms with Crippen LogP contribution in [0.2, 0.25) is 0 Å². The highest BCUT2D eigenvalue weighted by molar-refractivity contribution is 9.10. The van der Waals surface area contributed by atoms with E-state index in [1.807, 2.05) is 25.1 Å². The molecule has 0 aliphatic carbocycles. The highest BCUT2D eigenvalue weighted by Gasteiger charge is 2.13. The minimum absolute atomic E-state index is 0.270. The molecule has 0 unspecified atom stereocenters. The lowest BCUT2D eigenvalue weighted by Crippen LogP contribution is -2.29. The third kappa shape index (κ3) is 4.19. The van der Waals surface area contributed by atoms with Gasteiger partial charge in [-0.25, -0.2) is 4.98 Å². The summed E-state index contributed by atoms with van der Waals surface area (Å²) in [5.41, 5.74) is 2.83. The van der Waals surface area contributed by atoms with Gasteiger partial charge in [-0.2, -0.15) is 12.7 Å². The van der Waals surface area contributed by atoms with Crippen molar-refractivity contribution in [2.45, 2.75) is 6.92 Å². The molecule has 0 aliphatic rings. The van der Waals surface area contributed by atoms with Crippen molar-refractivity contribution in [2.75, 3.05) is 24.1 Å². The van der Waals surface area contributed by atoms with E-state index in [-0.39, 0.29) is 5.82 Å². The van der Waals surface area contributed by atoms with Crippen molar-refractivity contribution < 1.29 is 8.42 Å². The van der Waals surface area contributed by atoms with E-state index in [0.717, 1.165) is 25.7 Å². The van der Waals surface area contributed by atoms with Crippen LogP contribution in [0.25, 0.3) is 0 Å². The fourth-order valence-electron chi connectivity index (χ4n) is 1.64. The average molecular weight is 385 g/mol. The molecular weight excluding hydrogens is 368 g/mol. The second-order valence-electron chi connectivity index (χ2n) is 4.91. The van der Waals surface area contributed by atoms with E-state index in [9.17, 15) is 8.42 Å². The van der Waals surface area contributed by atoms with E-state index < -0.39 is 10.2 Å². The lowest BCUT2D eigenvalue weighted by Gasteiger charge is -2.13. The highest BCUT2D eigenvalue weighted by Crippen LogP contribution is 2.23. The zero-order chi connectivity index (χ0) is 16.3. The van der Waals surface area contributed by atoms with Crippen LogP contribution in [-0.2, 0) is 10.2 Å². The van der Waals surface area contributed by atoms with E-state index in [1.54, 1.807) is 18.3 Å². The molecule has 0 amide bonds. The number of hydrogen-bond donors (Lipinski definition) is 2. The summed E-state index contributed by atoms with van der Waals surface area (Å²) in [6.07, 6.45) is 1.57. The maximum atomic E-state index is 11.7. The summed E-state index contributed by atoms with van der Waals surface area (Å²) in [6.45, 7) is 2.01. The number of aryl methyl sites for hydroxylation is 1. The monoisotopic (exact) mass is 384 g/mol. The number of benzene rings is 1. The first-order valence-corrected chi connectivity index (χ1v) is 8.71. The zero-order valence-electron chi connectivity index (χ0n) is 12.5. The Morgan fingerprint density at radius 3 is 2.36 bits per heavy atom. The Morgan fingerprint density at radius 1 is 1.14 bits per heavy atom. The van der Waals surface area contributed by atoms with Crippen molar-refractivity contribution in [3.63, 3.8) is 0 Å². The smallest absolute Gasteiger partial charge is 0.302 e. The molecular formula is C14H17BrN4O2S. The van der Waals surface area contributed by atoms with Crippen molar-refractivity contribution in [1.82, 2.24) is 9.29 Å². The fourth-order valence-corrected chi connectivity index (χ4v) is 2.45. The van der Waals surface area contributed by atoms with Gasteiger partial charge in [0.25, 0.3) is 0 Å². The van der Waals surface area contributed by atoms with Crippen molar-refractivity contribution >= 4 is 43.3 Å². The van der Waals surface area contributed by atoms with Gasteiger partial charge in [0.2, 0.25) is 0 Å². The summed E-state index contributed by atoms with van der Waals surface area (Å²) in [7, 11) is -0.633. The molecule has 6 nitrogen and oxygen atoms in total. The Balaban J connectivity index is 2.10. The van der Waals surface area contributed by atoms with Crippen LogP contribution in [0.5, 0.6) is 0 Å². The van der Waals surface area contributed by atoms with Gasteiger partial charge in [0.1, 0.15) is 5.82 Å². The maximum Gasteiger partial charge on any atom is 0.302 e.